The zero-order chi connectivity index (χ0) is 15.4. The molecule has 2 aliphatic rings. The number of thioether (sulfide) groups is 1. The van der Waals surface area contributed by atoms with Crippen LogP contribution in [-0.2, 0) is 4.74 Å². The molecule has 1 aromatic rings. The molecule has 0 saturated carbocycles. The number of halogens is 1. The van der Waals surface area contributed by atoms with E-state index in [2.05, 4.69) is 4.90 Å². The van der Waals surface area contributed by atoms with E-state index in [0.717, 1.165) is 37.3 Å². The SMILES string of the molecule is OC(CN(CC1CCCO1)C1CCSC1)c1cccc(Cl)c1. The summed E-state index contributed by atoms with van der Waals surface area (Å²) in [5.41, 5.74) is 0.899. The highest BCUT2D eigenvalue weighted by molar-refractivity contribution is 7.99. The lowest BCUT2D eigenvalue weighted by molar-refractivity contribution is 0.0344. The summed E-state index contributed by atoms with van der Waals surface area (Å²) in [6.45, 7) is 2.48. The Bertz CT molecular complexity index is 475. The van der Waals surface area contributed by atoms with Crippen LogP contribution in [0.3, 0.4) is 0 Å². The minimum atomic E-state index is -0.495. The predicted octanol–water partition coefficient (Wildman–Crippen LogP) is 3.36. The van der Waals surface area contributed by atoms with Gasteiger partial charge in [-0.3, -0.25) is 4.90 Å². The van der Waals surface area contributed by atoms with Gasteiger partial charge >= 0.3 is 0 Å². The van der Waals surface area contributed by atoms with E-state index >= 15 is 0 Å². The van der Waals surface area contributed by atoms with E-state index < -0.39 is 6.10 Å². The van der Waals surface area contributed by atoms with Gasteiger partial charge in [0, 0.05) is 36.5 Å². The second kappa shape index (κ2) is 8.02. The molecule has 2 aliphatic heterocycles. The Morgan fingerprint density at radius 2 is 2.32 bits per heavy atom. The smallest absolute Gasteiger partial charge is 0.0917 e. The number of ether oxygens (including phenoxy) is 1. The molecule has 0 aliphatic carbocycles. The number of aliphatic hydroxyl groups excluding tert-OH is 1. The fourth-order valence-electron chi connectivity index (χ4n) is 3.27. The summed E-state index contributed by atoms with van der Waals surface area (Å²) in [5, 5.41) is 11.3. The van der Waals surface area contributed by atoms with E-state index in [1.807, 2.05) is 36.0 Å². The van der Waals surface area contributed by atoms with E-state index in [4.69, 9.17) is 16.3 Å². The van der Waals surface area contributed by atoms with Gasteiger partial charge in [0.15, 0.2) is 0 Å². The molecule has 0 radical (unpaired) electrons. The second-order valence-corrected chi connectivity index (χ2v) is 7.76. The van der Waals surface area contributed by atoms with Crippen molar-refractivity contribution in [2.45, 2.75) is 37.5 Å². The Kier molecular flexibility index (Phi) is 6.05. The average Bonchev–Trinajstić information content (AvgIpc) is 3.20. The van der Waals surface area contributed by atoms with Crippen molar-refractivity contribution in [1.82, 2.24) is 4.90 Å². The van der Waals surface area contributed by atoms with Gasteiger partial charge in [-0.05, 0) is 42.7 Å². The highest BCUT2D eigenvalue weighted by Crippen LogP contribution is 2.27. The number of nitrogens with zero attached hydrogens (tertiary/aromatic N) is 1. The Hall–Kier alpha value is -0.260. The number of hydrogen-bond acceptors (Lipinski definition) is 4. The number of benzene rings is 1. The third kappa shape index (κ3) is 4.39. The lowest BCUT2D eigenvalue weighted by Gasteiger charge is -2.32. The first kappa shape index (κ1) is 16.6. The summed E-state index contributed by atoms with van der Waals surface area (Å²) in [6.07, 6.45) is 3.35. The van der Waals surface area contributed by atoms with Crippen LogP contribution < -0.4 is 0 Å². The summed E-state index contributed by atoms with van der Waals surface area (Å²) >= 11 is 8.05. The molecule has 5 heteroatoms. The van der Waals surface area contributed by atoms with Crippen molar-refractivity contribution in [2.75, 3.05) is 31.2 Å². The minimum absolute atomic E-state index is 0.331. The maximum absolute atomic E-state index is 10.6. The summed E-state index contributed by atoms with van der Waals surface area (Å²) in [6, 6.07) is 8.11. The summed E-state index contributed by atoms with van der Waals surface area (Å²) in [5.74, 6) is 2.38. The number of rotatable bonds is 6. The molecule has 3 rings (SSSR count). The monoisotopic (exact) mass is 341 g/mol. The van der Waals surface area contributed by atoms with Crippen LogP contribution in [0.15, 0.2) is 24.3 Å². The number of aliphatic hydroxyl groups is 1. The first-order valence-corrected chi connectivity index (χ1v) is 9.62. The van der Waals surface area contributed by atoms with Crippen LogP contribution in [0.25, 0.3) is 0 Å². The summed E-state index contributed by atoms with van der Waals surface area (Å²) in [7, 11) is 0. The maximum Gasteiger partial charge on any atom is 0.0917 e. The van der Waals surface area contributed by atoms with Crippen molar-refractivity contribution in [1.29, 1.82) is 0 Å². The van der Waals surface area contributed by atoms with Crippen LogP contribution in [0.4, 0.5) is 0 Å². The lowest BCUT2D eigenvalue weighted by Crippen LogP contribution is -2.42. The van der Waals surface area contributed by atoms with Gasteiger partial charge in [-0.2, -0.15) is 11.8 Å². The van der Waals surface area contributed by atoms with Crippen LogP contribution in [0.5, 0.6) is 0 Å². The van der Waals surface area contributed by atoms with Gasteiger partial charge in [0.05, 0.1) is 12.2 Å². The fraction of sp³-hybridized carbons (Fsp3) is 0.647. The first-order chi connectivity index (χ1) is 10.7. The van der Waals surface area contributed by atoms with Gasteiger partial charge in [-0.25, -0.2) is 0 Å². The minimum Gasteiger partial charge on any atom is -0.387 e. The highest BCUT2D eigenvalue weighted by atomic mass is 35.5. The predicted molar refractivity (Wildman–Crippen MR) is 92.7 cm³/mol. The molecule has 2 heterocycles. The quantitative estimate of drug-likeness (QED) is 0.860. The summed E-state index contributed by atoms with van der Waals surface area (Å²) < 4.78 is 5.80. The molecule has 3 nitrogen and oxygen atoms in total. The zero-order valence-electron chi connectivity index (χ0n) is 12.8. The van der Waals surface area contributed by atoms with E-state index in [1.54, 1.807) is 0 Å². The molecule has 0 aromatic heterocycles. The molecule has 1 aromatic carbocycles. The fourth-order valence-corrected chi connectivity index (χ4v) is 4.73. The van der Waals surface area contributed by atoms with Crippen LogP contribution in [0.1, 0.15) is 30.9 Å². The van der Waals surface area contributed by atoms with E-state index in [9.17, 15) is 5.11 Å². The molecular weight excluding hydrogens is 318 g/mol. The van der Waals surface area contributed by atoms with Crippen molar-refractivity contribution >= 4 is 23.4 Å². The van der Waals surface area contributed by atoms with E-state index in [0.29, 0.717) is 23.7 Å². The van der Waals surface area contributed by atoms with Crippen molar-refractivity contribution in [3.05, 3.63) is 34.9 Å². The van der Waals surface area contributed by atoms with Crippen molar-refractivity contribution in [3.8, 4) is 0 Å². The molecule has 1 N–H and O–H groups in total. The molecule has 0 bridgehead atoms. The number of hydrogen-bond donors (Lipinski definition) is 1. The van der Waals surface area contributed by atoms with Crippen LogP contribution in [-0.4, -0.2) is 53.4 Å². The summed E-state index contributed by atoms with van der Waals surface area (Å²) in [4.78, 5) is 2.43. The van der Waals surface area contributed by atoms with Gasteiger partial charge < -0.3 is 9.84 Å². The van der Waals surface area contributed by atoms with Crippen LogP contribution >= 0.6 is 23.4 Å². The molecule has 122 valence electrons. The van der Waals surface area contributed by atoms with Gasteiger partial charge in [-0.1, -0.05) is 23.7 Å². The van der Waals surface area contributed by atoms with Crippen molar-refractivity contribution in [3.63, 3.8) is 0 Å². The van der Waals surface area contributed by atoms with Gasteiger partial charge in [0.2, 0.25) is 0 Å². The third-order valence-electron chi connectivity index (χ3n) is 4.53. The van der Waals surface area contributed by atoms with E-state index in [1.165, 1.54) is 12.2 Å². The second-order valence-electron chi connectivity index (χ2n) is 6.18. The highest BCUT2D eigenvalue weighted by Gasteiger charge is 2.29. The zero-order valence-corrected chi connectivity index (χ0v) is 14.4. The standard InChI is InChI=1S/C17H24ClNO2S/c18-14-4-1-3-13(9-14)17(20)11-19(15-6-8-22-12-15)10-16-5-2-7-21-16/h1,3-4,9,15-17,20H,2,5-8,10-12H2. The molecule has 22 heavy (non-hydrogen) atoms. The Morgan fingerprint density at radius 1 is 1.41 bits per heavy atom. The van der Waals surface area contributed by atoms with Gasteiger partial charge in [0.25, 0.3) is 0 Å². The molecular formula is C17H24ClNO2S. The Balaban J connectivity index is 1.65. The molecule has 2 fully saturated rings. The first-order valence-electron chi connectivity index (χ1n) is 8.09. The van der Waals surface area contributed by atoms with E-state index in [-0.39, 0.29) is 0 Å². The largest absolute Gasteiger partial charge is 0.387 e. The topological polar surface area (TPSA) is 32.7 Å². The Morgan fingerprint density at radius 3 is 3.00 bits per heavy atom. The maximum atomic E-state index is 10.6. The van der Waals surface area contributed by atoms with Crippen molar-refractivity contribution in [2.24, 2.45) is 0 Å². The van der Waals surface area contributed by atoms with Gasteiger partial charge in [-0.15, -0.1) is 0 Å². The molecule has 2 saturated heterocycles. The molecule has 0 spiro atoms. The van der Waals surface area contributed by atoms with Crippen LogP contribution in [0, 0.1) is 0 Å². The Labute approximate surface area is 142 Å². The normalized spacial score (nSPS) is 26.7. The van der Waals surface area contributed by atoms with Gasteiger partial charge in [0.1, 0.15) is 0 Å². The van der Waals surface area contributed by atoms with Crippen LogP contribution in [0.2, 0.25) is 5.02 Å². The lowest BCUT2D eigenvalue weighted by atomic mass is 10.1. The molecule has 0 amide bonds. The average molecular weight is 342 g/mol. The molecule has 3 atom stereocenters. The molecule has 3 unspecified atom stereocenters. The third-order valence-corrected chi connectivity index (χ3v) is 5.91. The van der Waals surface area contributed by atoms with Crippen molar-refractivity contribution < 1.29 is 9.84 Å².